The Bertz CT molecular complexity index is 426. The van der Waals surface area contributed by atoms with E-state index in [-0.39, 0.29) is 18.8 Å². The fourth-order valence-electron chi connectivity index (χ4n) is 1.93. The molecular weight excluding hydrogens is 232 g/mol. The lowest BCUT2D eigenvalue weighted by molar-refractivity contribution is -0.147. The molecule has 0 aromatic heterocycles. The number of hydrogen-bond acceptors (Lipinski definition) is 4. The minimum absolute atomic E-state index is 0.0492. The number of aliphatic hydroxyl groups is 1. The van der Waals surface area contributed by atoms with Crippen molar-refractivity contribution < 1.29 is 19.4 Å². The summed E-state index contributed by atoms with van der Waals surface area (Å²) in [7, 11) is 1.31. The van der Waals surface area contributed by atoms with Crippen LogP contribution in [-0.2, 0) is 27.4 Å². The van der Waals surface area contributed by atoms with E-state index in [9.17, 15) is 14.7 Å². The summed E-state index contributed by atoms with van der Waals surface area (Å²) in [6.07, 6.45) is 0.565. The number of hydrogen-bond donors (Lipinski definition) is 1. The van der Waals surface area contributed by atoms with Crippen molar-refractivity contribution in [2.75, 3.05) is 7.11 Å². The van der Waals surface area contributed by atoms with Crippen LogP contribution in [0.25, 0.3) is 0 Å². The Morgan fingerprint density at radius 3 is 2.39 bits per heavy atom. The van der Waals surface area contributed by atoms with Crippen LogP contribution in [0.2, 0.25) is 0 Å². The van der Waals surface area contributed by atoms with Gasteiger partial charge in [0.1, 0.15) is 5.78 Å². The van der Waals surface area contributed by atoms with Crippen LogP contribution < -0.4 is 0 Å². The molecule has 4 heteroatoms. The quantitative estimate of drug-likeness (QED) is 0.777. The van der Waals surface area contributed by atoms with Crippen molar-refractivity contribution in [2.45, 2.75) is 26.4 Å². The monoisotopic (exact) mass is 250 g/mol. The van der Waals surface area contributed by atoms with Gasteiger partial charge in [-0.15, -0.1) is 0 Å². The normalized spacial score (nSPS) is 11.9. The first-order valence-corrected chi connectivity index (χ1v) is 5.83. The van der Waals surface area contributed by atoms with E-state index in [0.29, 0.717) is 6.42 Å². The number of ketones is 1. The highest BCUT2D eigenvalue weighted by Crippen LogP contribution is 2.18. The summed E-state index contributed by atoms with van der Waals surface area (Å²) >= 11 is 0. The van der Waals surface area contributed by atoms with E-state index >= 15 is 0 Å². The van der Waals surface area contributed by atoms with E-state index in [1.54, 1.807) is 6.07 Å². The van der Waals surface area contributed by atoms with Crippen molar-refractivity contribution in [2.24, 2.45) is 5.92 Å². The molecule has 98 valence electrons. The number of Topliss-reactive ketones (excluding diaryl/α,β-unsaturated/α-hetero) is 1. The second-order valence-electron chi connectivity index (χ2n) is 4.26. The molecule has 18 heavy (non-hydrogen) atoms. The number of carbonyl (C=O) groups is 2. The van der Waals surface area contributed by atoms with Gasteiger partial charge in [0.05, 0.1) is 19.6 Å². The minimum Gasteiger partial charge on any atom is -0.469 e. The number of benzene rings is 1. The van der Waals surface area contributed by atoms with Crippen LogP contribution in [-0.4, -0.2) is 24.0 Å². The van der Waals surface area contributed by atoms with Gasteiger partial charge in [0.15, 0.2) is 0 Å². The van der Waals surface area contributed by atoms with Crippen LogP contribution in [0.1, 0.15) is 24.5 Å². The first-order valence-electron chi connectivity index (χ1n) is 5.83. The first kappa shape index (κ1) is 14.4. The molecule has 1 N–H and O–H groups in total. The summed E-state index contributed by atoms with van der Waals surface area (Å²) in [5, 5.41) is 9.23. The standard InChI is InChI=1S/C14H18O4/c1-10(16)7-13(14(17)18-2)8-11-5-3-4-6-12(11)9-15/h3-6,13,15H,7-9H2,1-2H3. The van der Waals surface area contributed by atoms with E-state index in [1.165, 1.54) is 14.0 Å². The maximum absolute atomic E-state index is 11.6. The third-order valence-electron chi connectivity index (χ3n) is 2.82. The van der Waals surface area contributed by atoms with E-state index < -0.39 is 11.9 Å². The lowest BCUT2D eigenvalue weighted by atomic mass is 9.92. The summed E-state index contributed by atoms with van der Waals surface area (Å²) in [5.41, 5.74) is 1.65. The Hall–Kier alpha value is -1.68. The van der Waals surface area contributed by atoms with Crippen LogP contribution in [0, 0.1) is 5.92 Å². The Balaban J connectivity index is 2.88. The third-order valence-corrected chi connectivity index (χ3v) is 2.82. The molecule has 1 rings (SSSR count). The predicted molar refractivity (Wildman–Crippen MR) is 66.9 cm³/mol. The van der Waals surface area contributed by atoms with Gasteiger partial charge in [-0.1, -0.05) is 24.3 Å². The van der Waals surface area contributed by atoms with E-state index in [4.69, 9.17) is 4.74 Å². The van der Waals surface area contributed by atoms with Gasteiger partial charge in [-0.05, 0) is 24.5 Å². The lowest BCUT2D eigenvalue weighted by Gasteiger charge is -2.15. The number of ether oxygens (including phenoxy) is 1. The van der Waals surface area contributed by atoms with Crippen LogP contribution in [0.4, 0.5) is 0 Å². The molecule has 0 aliphatic heterocycles. The molecule has 0 bridgehead atoms. The Morgan fingerprint density at radius 2 is 1.89 bits per heavy atom. The van der Waals surface area contributed by atoms with Crippen molar-refractivity contribution in [1.29, 1.82) is 0 Å². The van der Waals surface area contributed by atoms with Crippen LogP contribution >= 0.6 is 0 Å². The molecule has 0 heterocycles. The van der Waals surface area contributed by atoms with Gasteiger partial charge in [0, 0.05) is 6.42 Å². The third kappa shape index (κ3) is 3.96. The number of aliphatic hydroxyl groups excluding tert-OH is 1. The zero-order chi connectivity index (χ0) is 13.5. The molecule has 1 unspecified atom stereocenters. The van der Waals surface area contributed by atoms with Gasteiger partial charge < -0.3 is 14.6 Å². The highest BCUT2D eigenvalue weighted by atomic mass is 16.5. The van der Waals surface area contributed by atoms with Crippen molar-refractivity contribution in [3.05, 3.63) is 35.4 Å². The minimum atomic E-state index is -0.486. The SMILES string of the molecule is COC(=O)C(CC(C)=O)Cc1ccccc1CO. The molecule has 1 atom stereocenters. The molecule has 0 fully saturated rings. The van der Waals surface area contributed by atoms with Gasteiger partial charge >= 0.3 is 5.97 Å². The molecule has 4 nitrogen and oxygen atoms in total. The topological polar surface area (TPSA) is 63.6 Å². The molecule has 1 aromatic rings. The van der Waals surface area contributed by atoms with E-state index in [1.807, 2.05) is 18.2 Å². The van der Waals surface area contributed by atoms with Gasteiger partial charge in [-0.25, -0.2) is 0 Å². The Kier molecular flexibility index (Phi) is 5.52. The molecule has 1 aromatic carbocycles. The molecule has 0 spiro atoms. The smallest absolute Gasteiger partial charge is 0.309 e. The van der Waals surface area contributed by atoms with Crippen LogP contribution in [0.15, 0.2) is 24.3 Å². The maximum atomic E-state index is 11.6. The lowest BCUT2D eigenvalue weighted by Crippen LogP contribution is -2.21. The van der Waals surface area contributed by atoms with Crippen LogP contribution in [0.5, 0.6) is 0 Å². The molecule has 0 aliphatic carbocycles. The second-order valence-corrected chi connectivity index (χ2v) is 4.26. The zero-order valence-corrected chi connectivity index (χ0v) is 10.7. The largest absolute Gasteiger partial charge is 0.469 e. The number of esters is 1. The van der Waals surface area contributed by atoms with Crippen molar-refractivity contribution in [3.63, 3.8) is 0 Å². The van der Waals surface area contributed by atoms with Crippen LogP contribution in [0.3, 0.4) is 0 Å². The van der Waals surface area contributed by atoms with Gasteiger partial charge in [-0.3, -0.25) is 4.79 Å². The summed E-state index contributed by atoms with van der Waals surface area (Å²) < 4.78 is 4.71. The number of methoxy groups -OCH3 is 1. The summed E-state index contributed by atoms with van der Waals surface area (Å²) in [5.74, 6) is -0.926. The van der Waals surface area contributed by atoms with Gasteiger partial charge in [0.2, 0.25) is 0 Å². The molecule has 0 amide bonds. The van der Waals surface area contributed by atoms with E-state index in [2.05, 4.69) is 0 Å². The first-order chi connectivity index (χ1) is 8.58. The maximum Gasteiger partial charge on any atom is 0.309 e. The van der Waals surface area contributed by atoms with Crippen molar-refractivity contribution >= 4 is 11.8 Å². The molecule has 0 aliphatic rings. The predicted octanol–water partition coefficient (Wildman–Crippen LogP) is 1.49. The number of carbonyl (C=O) groups excluding carboxylic acids is 2. The zero-order valence-electron chi connectivity index (χ0n) is 10.7. The Labute approximate surface area is 107 Å². The van der Waals surface area contributed by atoms with E-state index in [0.717, 1.165) is 11.1 Å². The number of rotatable bonds is 6. The highest BCUT2D eigenvalue weighted by Gasteiger charge is 2.22. The molecular formula is C14H18O4. The Morgan fingerprint density at radius 1 is 1.28 bits per heavy atom. The highest BCUT2D eigenvalue weighted by molar-refractivity contribution is 5.83. The van der Waals surface area contributed by atoms with Crippen molar-refractivity contribution in [1.82, 2.24) is 0 Å². The molecule has 0 saturated heterocycles. The molecule has 0 radical (unpaired) electrons. The van der Waals surface area contributed by atoms with Crippen molar-refractivity contribution in [3.8, 4) is 0 Å². The second kappa shape index (κ2) is 6.91. The fourth-order valence-corrected chi connectivity index (χ4v) is 1.93. The van der Waals surface area contributed by atoms with Gasteiger partial charge in [0.25, 0.3) is 0 Å². The summed E-state index contributed by atoms with van der Waals surface area (Å²) in [6.45, 7) is 1.37. The summed E-state index contributed by atoms with van der Waals surface area (Å²) in [6, 6.07) is 7.32. The summed E-state index contributed by atoms with van der Waals surface area (Å²) in [4.78, 5) is 22.8. The van der Waals surface area contributed by atoms with Gasteiger partial charge in [-0.2, -0.15) is 0 Å². The average molecular weight is 250 g/mol. The molecule has 0 saturated carbocycles. The average Bonchev–Trinajstić information content (AvgIpc) is 2.37. The fraction of sp³-hybridized carbons (Fsp3) is 0.429.